The number of nitrogens with one attached hydrogen (secondary N) is 2. The lowest BCUT2D eigenvalue weighted by atomic mass is 9.95. The Kier molecular flexibility index (Phi) is 6.16. The number of aromatic amines is 1. The molecule has 2 fully saturated rings. The summed E-state index contributed by atoms with van der Waals surface area (Å²) < 4.78 is 5.34. The largest absolute Gasteiger partial charge is 0.368 e. The minimum absolute atomic E-state index is 0.120. The van der Waals surface area contributed by atoms with Crippen molar-refractivity contribution < 1.29 is 9.53 Å². The molecule has 0 radical (unpaired) electrons. The molecule has 1 aromatic heterocycles. The average molecular weight is 349 g/mol. The van der Waals surface area contributed by atoms with Gasteiger partial charge in [0.15, 0.2) is 0 Å². The quantitative estimate of drug-likeness (QED) is 0.843. The van der Waals surface area contributed by atoms with Gasteiger partial charge in [0.2, 0.25) is 5.91 Å². The molecule has 130 valence electrons. The first-order valence-electron chi connectivity index (χ1n) is 8.87. The first-order chi connectivity index (χ1) is 11.7. The van der Waals surface area contributed by atoms with Crippen LogP contribution < -0.4 is 5.32 Å². The van der Waals surface area contributed by atoms with Crippen molar-refractivity contribution in [2.45, 2.75) is 57.1 Å². The number of halogens is 1. The van der Waals surface area contributed by atoms with Crippen LogP contribution in [0.5, 0.6) is 0 Å². The molecule has 1 amide bonds. The van der Waals surface area contributed by atoms with Gasteiger partial charge in [0.1, 0.15) is 6.10 Å². The fourth-order valence-corrected chi connectivity index (χ4v) is 3.53. The van der Waals surface area contributed by atoms with Crippen molar-refractivity contribution in [1.29, 1.82) is 0 Å². The lowest BCUT2D eigenvalue weighted by molar-refractivity contribution is -0.131. The van der Waals surface area contributed by atoms with Crippen LogP contribution in [-0.2, 0) is 9.53 Å². The Balaban J connectivity index is 0.000000149. The Morgan fingerprint density at radius 3 is 2.71 bits per heavy atom. The molecule has 1 saturated carbocycles. The molecule has 1 saturated heterocycles. The third-order valence-corrected chi connectivity index (χ3v) is 4.92. The summed E-state index contributed by atoms with van der Waals surface area (Å²) in [5.41, 5.74) is 1.13. The summed E-state index contributed by atoms with van der Waals surface area (Å²) in [6, 6.07) is 8.20. The summed E-state index contributed by atoms with van der Waals surface area (Å²) >= 11 is 5.76. The molecular formula is C19H25ClN2O2. The predicted octanol–water partition coefficient (Wildman–Crippen LogP) is 4.44. The van der Waals surface area contributed by atoms with Gasteiger partial charge in [-0.3, -0.25) is 4.79 Å². The SMILES string of the molecule is Clc1ccc2[nH]ccc2c1.O=C(NC1CCCCC1)[C@@H]1CCCO1. The van der Waals surface area contributed by atoms with Gasteiger partial charge >= 0.3 is 0 Å². The number of fused-ring (bicyclic) bond motifs is 1. The van der Waals surface area contributed by atoms with Gasteiger partial charge < -0.3 is 15.0 Å². The van der Waals surface area contributed by atoms with Crippen LogP contribution in [0.1, 0.15) is 44.9 Å². The second-order valence-electron chi connectivity index (χ2n) is 6.55. The number of amides is 1. The summed E-state index contributed by atoms with van der Waals surface area (Å²) in [4.78, 5) is 14.8. The highest BCUT2D eigenvalue weighted by Gasteiger charge is 2.25. The van der Waals surface area contributed by atoms with Crippen LogP contribution in [0, 0.1) is 0 Å². The van der Waals surface area contributed by atoms with Crippen molar-refractivity contribution in [2.24, 2.45) is 0 Å². The number of aromatic nitrogens is 1. The molecule has 2 aromatic rings. The third kappa shape index (κ3) is 4.74. The van der Waals surface area contributed by atoms with Crippen molar-refractivity contribution in [3.05, 3.63) is 35.5 Å². The lowest BCUT2D eigenvalue weighted by Gasteiger charge is -2.24. The van der Waals surface area contributed by atoms with E-state index in [1.54, 1.807) is 0 Å². The fraction of sp³-hybridized carbons (Fsp3) is 0.526. The minimum atomic E-state index is -0.156. The molecule has 5 heteroatoms. The zero-order valence-electron chi connectivity index (χ0n) is 13.9. The summed E-state index contributed by atoms with van der Waals surface area (Å²) in [6.45, 7) is 0.753. The maximum Gasteiger partial charge on any atom is 0.249 e. The molecular weight excluding hydrogens is 324 g/mol. The van der Waals surface area contributed by atoms with Crippen LogP contribution >= 0.6 is 11.6 Å². The Hall–Kier alpha value is -1.52. The lowest BCUT2D eigenvalue weighted by Crippen LogP contribution is -2.42. The summed E-state index contributed by atoms with van der Waals surface area (Å²) in [6.07, 6.45) is 9.83. The zero-order valence-corrected chi connectivity index (χ0v) is 14.6. The zero-order chi connectivity index (χ0) is 16.8. The molecule has 4 nitrogen and oxygen atoms in total. The van der Waals surface area contributed by atoms with Gasteiger partial charge in [0.05, 0.1) is 0 Å². The van der Waals surface area contributed by atoms with E-state index in [9.17, 15) is 4.79 Å². The number of carbonyl (C=O) groups is 1. The monoisotopic (exact) mass is 348 g/mol. The van der Waals surface area contributed by atoms with Crippen LogP contribution in [0.3, 0.4) is 0 Å². The third-order valence-electron chi connectivity index (χ3n) is 4.69. The van der Waals surface area contributed by atoms with Gasteiger partial charge in [-0.25, -0.2) is 0 Å². The van der Waals surface area contributed by atoms with E-state index in [1.165, 1.54) is 19.3 Å². The van der Waals surface area contributed by atoms with E-state index in [0.717, 1.165) is 48.2 Å². The number of ether oxygens (including phenoxy) is 1. The van der Waals surface area contributed by atoms with Gasteiger partial charge in [-0.2, -0.15) is 0 Å². The number of benzene rings is 1. The molecule has 4 rings (SSSR count). The Labute approximate surface area is 147 Å². The number of H-pyrrole nitrogens is 1. The molecule has 2 aliphatic rings. The first-order valence-corrected chi connectivity index (χ1v) is 9.25. The highest BCUT2D eigenvalue weighted by atomic mass is 35.5. The van der Waals surface area contributed by atoms with Crippen molar-refractivity contribution in [1.82, 2.24) is 10.3 Å². The van der Waals surface area contributed by atoms with Crippen molar-refractivity contribution in [2.75, 3.05) is 6.61 Å². The Bertz CT molecular complexity index is 658. The topological polar surface area (TPSA) is 54.1 Å². The van der Waals surface area contributed by atoms with Crippen LogP contribution in [0.25, 0.3) is 10.9 Å². The second-order valence-corrected chi connectivity index (χ2v) is 6.99. The minimum Gasteiger partial charge on any atom is -0.368 e. The Morgan fingerprint density at radius 2 is 1.96 bits per heavy atom. The normalized spacial score (nSPS) is 21.3. The van der Waals surface area contributed by atoms with E-state index in [4.69, 9.17) is 16.3 Å². The molecule has 2 heterocycles. The molecule has 2 N–H and O–H groups in total. The molecule has 1 atom stereocenters. The maximum absolute atomic E-state index is 11.7. The van der Waals surface area contributed by atoms with Crippen molar-refractivity contribution in [3.63, 3.8) is 0 Å². The van der Waals surface area contributed by atoms with Crippen molar-refractivity contribution >= 4 is 28.4 Å². The smallest absolute Gasteiger partial charge is 0.249 e. The maximum atomic E-state index is 11.7. The standard InChI is InChI=1S/C11H19NO2.C8H6ClN/c13-11(10-7-4-8-14-10)12-9-5-2-1-3-6-9;9-7-1-2-8-6(5-7)3-4-10-8/h9-10H,1-8H2,(H,12,13);1-5,10H/t10-;/m0./s1. The van der Waals surface area contributed by atoms with Gasteiger partial charge in [-0.05, 0) is 49.9 Å². The van der Waals surface area contributed by atoms with Crippen LogP contribution in [0.15, 0.2) is 30.5 Å². The van der Waals surface area contributed by atoms with E-state index in [-0.39, 0.29) is 12.0 Å². The van der Waals surface area contributed by atoms with Crippen LogP contribution in [-0.4, -0.2) is 29.6 Å². The fourth-order valence-electron chi connectivity index (χ4n) is 3.35. The molecule has 1 aliphatic carbocycles. The number of hydrogen-bond donors (Lipinski definition) is 2. The molecule has 0 unspecified atom stereocenters. The van der Waals surface area contributed by atoms with Gasteiger partial charge in [-0.15, -0.1) is 0 Å². The second kappa shape index (κ2) is 8.54. The predicted molar refractivity (Wildman–Crippen MR) is 97.3 cm³/mol. The number of rotatable bonds is 2. The number of hydrogen-bond acceptors (Lipinski definition) is 2. The van der Waals surface area contributed by atoms with E-state index < -0.39 is 0 Å². The van der Waals surface area contributed by atoms with Gasteiger partial charge in [0.25, 0.3) is 0 Å². The van der Waals surface area contributed by atoms with Crippen LogP contribution in [0.2, 0.25) is 5.02 Å². The summed E-state index contributed by atoms with van der Waals surface area (Å²) in [7, 11) is 0. The van der Waals surface area contributed by atoms with E-state index in [0.29, 0.717) is 6.04 Å². The van der Waals surface area contributed by atoms with Gasteiger partial charge in [0, 0.05) is 34.8 Å². The van der Waals surface area contributed by atoms with E-state index in [2.05, 4.69) is 10.3 Å². The summed E-state index contributed by atoms with van der Waals surface area (Å²) in [5.74, 6) is 0.120. The molecule has 1 aromatic carbocycles. The average Bonchev–Trinajstić information content (AvgIpc) is 3.27. The first kappa shape index (κ1) is 17.3. The molecule has 1 aliphatic heterocycles. The molecule has 0 spiro atoms. The molecule has 0 bridgehead atoms. The van der Waals surface area contributed by atoms with E-state index in [1.807, 2.05) is 30.5 Å². The van der Waals surface area contributed by atoms with Crippen molar-refractivity contribution in [3.8, 4) is 0 Å². The van der Waals surface area contributed by atoms with Crippen LogP contribution in [0.4, 0.5) is 0 Å². The Morgan fingerprint density at radius 1 is 1.12 bits per heavy atom. The highest BCUT2D eigenvalue weighted by Crippen LogP contribution is 2.19. The summed E-state index contributed by atoms with van der Waals surface area (Å²) in [5, 5.41) is 5.04. The molecule has 24 heavy (non-hydrogen) atoms. The van der Waals surface area contributed by atoms with E-state index >= 15 is 0 Å². The highest BCUT2D eigenvalue weighted by molar-refractivity contribution is 6.31. The van der Waals surface area contributed by atoms with Gasteiger partial charge in [-0.1, -0.05) is 30.9 Å². The number of carbonyl (C=O) groups excluding carboxylic acids is 1.